The van der Waals surface area contributed by atoms with Crippen LogP contribution in [0.3, 0.4) is 0 Å². The van der Waals surface area contributed by atoms with Crippen LogP contribution in [0.4, 0.5) is 0 Å². The number of hydrogen-bond acceptors (Lipinski definition) is 2. The van der Waals surface area contributed by atoms with E-state index in [0.717, 1.165) is 18.5 Å². The molecule has 0 radical (unpaired) electrons. The van der Waals surface area contributed by atoms with Gasteiger partial charge >= 0.3 is 0 Å². The molecule has 1 saturated carbocycles. The van der Waals surface area contributed by atoms with E-state index in [1.54, 1.807) is 0 Å². The molecular weight excluding hydrogens is 224 g/mol. The maximum atomic E-state index is 12.2. The Kier molecular flexibility index (Phi) is 4.02. The van der Waals surface area contributed by atoms with Gasteiger partial charge in [0.2, 0.25) is 5.91 Å². The van der Waals surface area contributed by atoms with Gasteiger partial charge in [0.1, 0.15) is 0 Å². The molecule has 1 aliphatic rings. The summed E-state index contributed by atoms with van der Waals surface area (Å²) in [5.74, 6) is -0.165. The van der Waals surface area contributed by atoms with Crippen molar-refractivity contribution in [1.82, 2.24) is 5.32 Å². The molecule has 1 aromatic carbocycles. The number of rotatable bonds is 6. The van der Waals surface area contributed by atoms with Gasteiger partial charge in [0, 0.05) is 13.1 Å². The van der Waals surface area contributed by atoms with Crippen molar-refractivity contribution in [2.75, 3.05) is 13.1 Å². The molecule has 3 nitrogen and oxygen atoms in total. The van der Waals surface area contributed by atoms with Crippen molar-refractivity contribution in [2.45, 2.75) is 32.1 Å². The topological polar surface area (TPSA) is 55.1 Å². The van der Waals surface area contributed by atoms with Gasteiger partial charge in [0.25, 0.3) is 0 Å². The zero-order valence-corrected chi connectivity index (χ0v) is 11.0. The quantitative estimate of drug-likeness (QED) is 0.807. The largest absolute Gasteiger partial charge is 0.355 e. The van der Waals surface area contributed by atoms with E-state index in [2.05, 4.69) is 12.2 Å². The van der Waals surface area contributed by atoms with Gasteiger partial charge < -0.3 is 11.1 Å². The van der Waals surface area contributed by atoms with Crippen LogP contribution in [0.25, 0.3) is 0 Å². The molecule has 1 unspecified atom stereocenters. The summed E-state index contributed by atoms with van der Waals surface area (Å²) in [4.78, 5) is 12.2. The number of nitrogens with one attached hydrogen (secondary N) is 1. The maximum Gasteiger partial charge on any atom is 0.228 e. The van der Waals surface area contributed by atoms with Gasteiger partial charge in [-0.25, -0.2) is 0 Å². The van der Waals surface area contributed by atoms with Crippen LogP contribution < -0.4 is 11.1 Å². The Morgan fingerprint density at radius 1 is 1.39 bits per heavy atom. The standard InChI is InChI=1S/C15H22N2O/c1-2-15(8-9-15)11-17-14(18)13(10-16)12-6-4-3-5-7-12/h3-7,13H,2,8-11,16H2,1H3,(H,17,18). The van der Waals surface area contributed by atoms with Gasteiger partial charge in [-0.15, -0.1) is 0 Å². The number of amides is 1. The summed E-state index contributed by atoms with van der Waals surface area (Å²) < 4.78 is 0. The normalized spacial score (nSPS) is 18.1. The molecule has 1 amide bonds. The Labute approximate surface area is 109 Å². The number of carbonyl (C=O) groups excluding carboxylic acids is 1. The first-order chi connectivity index (χ1) is 8.71. The molecule has 98 valence electrons. The van der Waals surface area contributed by atoms with Crippen LogP contribution >= 0.6 is 0 Å². The SMILES string of the molecule is CCC1(CNC(=O)C(CN)c2ccccc2)CC1. The Balaban J connectivity index is 1.94. The Morgan fingerprint density at radius 2 is 2.06 bits per heavy atom. The van der Waals surface area contributed by atoms with Crippen molar-refractivity contribution in [3.05, 3.63) is 35.9 Å². The molecule has 2 rings (SSSR count). The van der Waals surface area contributed by atoms with Crippen molar-refractivity contribution < 1.29 is 4.79 Å². The minimum atomic E-state index is -0.223. The average molecular weight is 246 g/mol. The zero-order chi connectivity index (χ0) is 13.0. The lowest BCUT2D eigenvalue weighted by Gasteiger charge is -2.18. The molecule has 1 aromatic rings. The molecule has 1 aliphatic carbocycles. The monoisotopic (exact) mass is 246 g/mol. The van der Waals surface area contributed by atoms with E-state index < -0.39 is 0 Å². The van der Waals surface area contributed by atoms with E-state index in [9.17, 15) is 4.79 Å². The van der Waals surface area contributed by atoms with Crippen molar-refractivity contribution in [3.63, 3.8) is 0 Å². The van der Waals surface area contributed by atoms with Crippen LogP contribution in [0, 0.1) is 5.41 Å². The predicted octanol–water partition coefficient (Wildman–Crippen LogP) is 2.04. The molecule has 0 aromatic heterocycles. The third-order valence-corrected chi connectivity index (χ3v) is 4.10. The van der Waals surface area contributed by atoms with Crippen LogP contribution in [-0.2, 0) is 4.79 Å². The van der Waals surface area contributed by atoms with Gasteiger partial charge in [-0.05, 0) is 30.2 Å². The highest BCUT2D eigenvalue weighted by Crippen LogP contribution is 2.47. The Bertz CT molecular complexity index is 398. The second kappa shape index (κ2) is 5.53. The summed E-state index contributed by atoms with van der Waals surface area (Å²) in [6, 6.07) is 9.76. The zero-order valence-electron chi connectivity index (χ0n) is 11.0. The molecule has 0 heterocycles. The van der Waals surface area contributed by atoms with Crippen molar-refractivity contribution in [1.29, 1.82) is 0 Å². The van der Waals surface area contributed by atoms with Crippen molar-refractivity contribution >= 4 is 5.91 Å². The van der Waals surface area contributed by atoms with E-state index in [4.69, 9.17) is 5.73 Å². The number of nitrogens with two attached hydrogens (primary N) is 1. The van der Waals surface area contributed by atoms with Crippen LogP contribution in [0.2, 0.25) is 0 Å². The minimum absolute atomic E-state index is 0.0587. The third-order valence-electron chi connectivity index (χ3n) is 4.10. The number of carbonyl (C=O) groups is 1. The molecule has 1 fully saturated rings. The smallest absolute Gasteiger partial charge is 0.228 e. The van der Waals surface area contributed by atoms with E-state index in [-0.39, 0.29) is 11.8 Å². The van der Waals surface area contributed by atoms with Gasteiger partial charge in [0.15, 0.2) is 0 Å². The summed E-state index contributed by atoms with van der Waals surface area (Å²) in [6.45, 7) is 3.34. The molecule has 3 heteroatoms. The second-order valence-corrected chi connectivity index (χ2v) is 5.27. The van der Waals surface area contributed by atoms with E-state index in [1.807, 2.05) is 30.3 Å². The predicted molar refractivity (Wildman–Crippen MR) is 73.2 cm³/mol. The fourth-order valence-electron chi connectivity index (χ4n) is 2.31. The van der Waals surface area contributed by atoms with Crippen molar-refractivity contribution in [2.24, 2.45) is 11.1 Å². The fourth-order valence-corrected chi connectivity index (χ4v) is 2.31. The Hall–Kier alpha value is -1.35. The third kappa shape index (κ3) is 2.91. The van der Waals surface area contributed by atoms with Crippen LogP contribution in [-0.4, -0.2) is 19.0 Å². The van der Waals surface area contributed by atoms with Gasteiger partial charge in [-0.2, -0.15) is 0 Å². The number of hydrogen-bond donors (Lipinski definition) is 2. The summed E-state index contributed by atoms with van der Waals surface area (Å²) >= 11 is 0. The maximum absolute atomic E-state index is 12.2. The lowest BCUT2D eigenvalue weighted by molar-refractivity contribution is -0.122. The summed E-state index contributed by atoms with van der Waals surface area (Å²) in [5, 5.41) is 3.07. The fraction of sp³-hybridized carbons (Fsp3) is 0.533. The summed E-state index contributed by atoms with van der Waals surface area (Å²) in [5.41, 5.74) is 7.11. The number of benzene rings is 1. The first kappa shape index (κ1) is 13.1. The molecule has 3 N–H and O–H groups in total. The lowest BCUT2D eigenvalue weighted by atomic mass is 9.97. The van der Waals surface area contributed by atoms with Gasteiger partial charge in [-0.1, -0.05) is 37.3 Å². The molecule has 18 heavy (non-hydrogen) atoms. The lowest BCUT2D eigenvalue weighted by Crippen LogP contribution is -2.36. The highest BCUT2D eigenvalue weighted by atomic mass is 16.1. The molecular formula is C15H22N2O. The molecule has 0 spiro atoms. The summed E-state index contributed by atoms with van der Waals surface area (Å²) in [6.07, 6.45) is 3.62. The van der Waals surface area contributed by atoms with E-state index in [1.165, 1.54) is 12.8 Å². The van der Waals surface area contributed by atoms with Crippen LogP contribution in [0.1, 0.15) is 37.7 Å². The first-order valence-electron chi connectivity index (χ1n) is 6.73. The highest BCUT2D eigenvalue weighted by Gasteiger charge is 2.40. The molecule has 0 bridgehead atoms. The van der Waals surface area contributed by atoms with E-state index in [0.29, 0.717) is 12.0 Å². The van der Waals surface area contributed by atoms with Gasteiger partial charge in [-0.3, -0.25) is 4.79 Å². The second-order valence-electron chi connectivity index (χ2n) is 5.27. The molecule has 1 atom stereocenters. The van der Waals surface area contributed by atoms with Crippen LogP contribution in [0.5, 0.6) is 0 Å². The summed E-state index contributed by atoms with van der Waals surface area (Å²) in [7, 11) is 0. The van der Waals surface area contributed by atoms with Crippen molar-refractivity contribution in [3.8, 4) is 0 Å². The molecule has 0 aliphatic heterocycles. The average Bonchev–Trinajstić information content (AvgIpc) is 3.19. The highest BCUT2D eigenvalue weighted by molar-refractivity contribution is 5.83. The minimum Gasteiger partial charge on any atom is -0.355 e. The van der Waals surface area contributed by atoms with E-state index >= 15 is 0 Å². The molecule has 0 saturated heterocycles. The Morgan fingerprint density at radius 3 is 2.56 bits per heavy atom. The first-order valence-corrected chi connectivity index (χ1v) is 6.73. The van der Waals surface area contributed by atoms with Gasteiger partial charge in [0.05, 0.1) is 5.92 Å². The van der Waals surface area contributed by atoms with Crippen LogP contribution in [0.15, 0.2) is 30.3 Å².